The molecule has 1 rings (SSSR count). The van der Waals surface area contributed by atoms with E-state index in [4.69, 9.17) is 5.73 Å². The summed E-state index contributed by atoms with van der Waals surface area (Å²) in [5, 5.41) is 14.0. The maximum atomic E-state index is 9.17. The summed E-state index contributed by atoms with van der Waals surface area (Å²) in [4.78, 5) is 4.04. The molecule has 0 saturated heterocycles. The summed E-state index contributed by atoms with van der Waals surface area (Å²) in [6.07, 6.45) is 1.80. The van der Waals surface area contributed by atoms with Crippen LogP contribution in [0.25, 0.3) is 0 Å². The van der Waals surface area contributed by atoms with Crippen LogP contribution in [-0.4, -0.2) is 38.3 Å². The Bertz CT molecular complexity index is 252. The van der Waals surface area contributed by atoms with Crippen LogP contribution in [0, 0.1) is 0 Å². The normalized spacial score (nSPS) is 13.2. The van der Waals surface area contributed by atoms with Gasteiger partial charge in [0.1, 0.15) is 6.33 Å². The van der Waals surface area contributed by atoms with Crippen molar-refractivity contribution in [3.8, 4) is 0 Å². The molecule has 0 aromatic carbocycles. The number of rotatable bonds is 5. The number of nitrogens with two attached hydrogens (primary N) is 1. The molecule has 0 amide bonds. The van der Waals surface area contributed by atoms with Gasteiger partial charge in [-0.1, -0.05) is 11.8 Å². The van der Waals surface area contributed by atoms with E-state index in [0.717, 1.165) is 10.9 Å². The Morgan fingerprint density at radius 1 is 1.77 bits per heavy atom. The molecule has 0 aliphatic heterocycles. The minimum Gasteiger partial charge on any atom is -0.392 e. The molecule has 0 spiro atoms. The van der Waals surface area contributed by atoms with E-state index in [2.05, 4.69) is 10.1 Å². The summed E-state index contributed by atoms with van der Waals surface area (Å²) >= 11 is 1.57. The molecule has 5 nitrogen and oxygen atoms in total. The van der Waals surface area contributed by atoms with Gasteiger partial charge in [0.05, 0.1) is 6.10 Å². The van der Waals surface area contributed by atoms with E-state index in [1.165, 1.54) is 6.33 Å². The van der Waals surface area contributed by atoms with E-state index in [1.807, 2.05) is 7.05 Å². The standard InChI is InChI=1S/C7H14N4OS/c1-11-7(9-5-10-11)13-3-2-6(12)4-8/h5-6,12H,2-4,8H2,1H3. The fourth-order valence-electron chi connectivity index (χ4n) is 0.820. The van der Waals surface area contributed by atoms with Gasteiger partial charge in [0.2, 0.25) is 0 Å². The van der Waals surface area contributed by atoms with Gasteiger partial charge in [-0.3, -0.25) is 0 Å². The zero-order valence-electron chi connectivity index (χ0n) is 7.55. The summed E-state index contributed by atoms with van der Waals surface area (Å²) in [5.74, 6) is 0.810. The molecule has 13 heavy (non-hydrogen) atoms. The fourth-order valence-corrected chi connectivity index (χ4v) is 1.75. The summed E-state index contributed by atoms with van der Waals surface area (Å²) in [5.41, 5.74) is 5.27. The van der Waals surface area contributed by atoms with Crippen LogP contribution in [0.5, 0.6) is 0 Å². The molecule has 0 fully saturated rings. The molecule has 74 valence electrons. The van der Waals surface area contributed by atoms with Crippen LogP contribution < -0.4 is 5.73 Å². The van der Waals surface area contributed by atoms with Crippen molar-refractivity contribution in [1.82, 2.24) is 14.8 Å². The molecule has 3 N–H and O–H groups in total. The van der Waals surface area contributed by atoms with Crippen molar-refractivity contribution in [2.75, 3.05) is 12.3 Å². The second-order valence-corrected chi connectivity index (χ2v) is 3.75. The Hall–Kier alpha value is -0.590. The lowest BCUT2D eigenvalue weighted by Gasteiger charge is -2.05. The van der Waals surface area contributed by atoms with Crippen molar-refractivity contribution in [1.29, 1.82) is 0 Å². The Labute approximate surface area is 81.3 Å². The number of thioether (sulfide) groups is 1. The molecule has 6 heteroatoms. The van der Waals surface area contributed by atoms with E-state index in [0.29, 0.717) is 13.0 Å². The largest absolute Gasteiger partial charge is 0.392 e. The van der Waals surface area contributed by atoms with E-state index < -0.39 is 6.10 Å². The third kappa shape index (κ3) is 3.33. The molecule has 1 aromatic heterocycles. The van der Waals surface area contributed by atoms with Crippen LogP contribution in [0.15, 0.2) is 11.5 Å². The van der Waals surface area contributed by atoms with Gasteiger partial charge < -0.3 is 10.8 Å². The molecule has 0 bridgehead atoms. The lowest BCUT2D eigenvalue weighted by atomic mass is 10.3. The predicted octanol–water partition coefficient (Wildman–Crippen LogP) is -0.383. The Morgan fingerprint density at radius 3 is 3.08 bits per heavy atom. The quantitative estimate of drug-likeness (QED) is 0.636. The van der Waals surface area contributed by atoms with Gasteiger partial charge in [-0.05, 0) is 6.42 Å². The number of aryl methyl sites for hydroxylation is 1. The highest BCUT2D eigenvalue weighted by molar-refractivity contribution is 7.99. The van der Waals surface area contributed by atoms with Crippen LogP contribution in [0.3, 0.4) is 0 Å². The number of aliphatic hydroxyl groups excluding tert-OH is 1. The topological polar surface area (TPSA) is 77.0 Å². The Kier molecular flexibility index (Phi) is 4.20. The third-order valence-electron chi connectivity index (χ3n) is 1.62. The number of aromatic nitrogens is 3. The minimum absolute atomic E-state index is 0.319. The van der Waals surface area contributed by atoms with E-state index in [1.54, 1.807) is 16.4 Å². The van der Waals surface area contributed by atoms with Crippen molar-refractivity contribution in [3.05, 3.63) is 6.33 Å². The predicted molar refractivity (Wildman–Crippen MR) is 51.4 cm³/mol. The SMILES string of the molecule is Cn1ncnc1SCCC(O)CN. The van der Waals surface area contributed by atoms with Crippen molar-refractivity contribution in [2.45, 2.75) is 17.7 Å². The number of hydrogen-bond donors (Lipinski definition) is 2. The summed E-state index contributed by atoms with van der Waals surface area (Å²) < 4.78 is 1.71. The van der Waals surface area contributed by atoms with E-state index >= 15 is 0 Å². The first-order chi connectivity index (χ1) is 6.24. The number of hydrogen-bond acceptors (Lipinski definition) is 5. The molecule has 1 atom stereocenters. The number of nitrogens with zero attached hydrogens (tertiary/aromatic N) is 3. The molecular formula is C7H14N4OS. The average Bonchev–Trinajstić information content (AvgIpc) is 2.52. The van der Waals surface area contributed by atoms with Crippen molar-refractivity contribution < 1.29 is 5.11 Å². The second-order valence-electron chi connectivity index (χ2n) is 2.69. The maximum absolute atomic E-state index is 9.17. The van der Waals surface area contributed by atoms with Gasteiger partial charge in [-0.25, -0.2) is 9.67 Å². The first-order valence-electron chi connectivity index (χ1n) is 4.09. The highest BCUT2D eigenvalue weighted by atomic mass is 32.2. The zero-order valence-corrected chi connectivity index (χ0v) is 8.37. The fraction of sp³-hybridized carbons (Fsp3) is 0.714. The Morgan fingerprint density at radius 2 is 2.54 bits per heavy atom. The van der Waals surface area contributed by atoms with Gasteiger partial charge >= 0.3 is 0 Å². The molecule has 1 heterocycles. The van der Waals surface area contributed by atoms with Crippen molar-refractivity contribution in [3.63, 3.8) is 0 Å². The third-order valence-corrected chi connectivity index (χ3v) is 2.69. The molecule has 0 aliphatic carbocycles. The summed E-state index contributed by atoms with van der Waals surface area (Å²) in [7, 11) is 1.84. The lowest BCUT2D eigenvalue weighted by Crippen LogP contribution is -2.20. The molecule has 0 saturated carbocycles. The van der Waals surface area contributed by atoms with Crippen LogP contribution in [0.4, 0.5) is 0 Å². The molecular weight excluding hydrogens is 188 g/mol. The maximum Gasteiger partial charge on any atom is 0.185 e. The van der Waals surface area contributed by atoms with E-state index in [9.17, 15) is 5.11 Å². The van der Waals surface area contributed by atoms with Gasteiger partial charge in [-0.15, -0.1) is 0 Å². The van der Waals surface area contributed by atoms with Crippen molar-refractivity contribution in [2.24, 2.45) is 12.8 Å². The smallest absolute Gasteiger partial charge is 0.185 e. The average molecular weight is 202 g/mol. The van der Waals surface area contributed by atoms with Gasteiger partial charge in [-0.2, -0.15) is 5.10 Å². The van der Waals surface area contributed by atoms with E-state index in [-0.39, 0.29) is 0 Å². The van der Waals surface area contributed by atoms with Crippen molar-refractivity contribution >= 4 is 11.8 Å². The van der Waals surface area contributed by atoms with Crippen LogP contribution >= 0.6 is 11.8 Å². The number of aliphatic hydroxyl groups is 1. The monoisotopic (exact) mass is 202 g/mol. The molecule has 0 radical (unpaired) electrons. The summed E-state index contributed by atoms with van der Waals surface area (Å²) in [6, 6.07) is 0. The first kappa shape index (κ1) is 10.5. The van der Waals surface area contributed by atoms with Gasteiger partial charge in [0, 0.05) is 19.3 Å². The molecule has 0 aliphatic rings. The first-order valence-corrected chi connectivity index (χ1v) is 5.07. The minimum atomic E-state index is -0.402. The highest BCUT2D eigenvalue weighted by Gasteiger charge is 2.04. The van der Waals surface area contributed by atoms with Gasteiger partial charge in [0.25, 0.3) is 0 Å². The zero-order chi connectivity index (χ0) is 9.68. The second kappa shape index (κ2) is 5.21. The summed E-state index contributed by atoms with van der Waals surface area (Å²) in [6.45, 7) is 0.319. The highest BCUT2D eigenvalue weighted by Crippen LogP contribution is 2.14. The molecule has 1 unspecified atom stereocenters. The van der Waals surface area contributed by atoms with Crippen LogP contribution in [-0.2, 0) is 7.05 Å². The van der Waals surface area contributed by atoms with Gasteiger partial charge in [0.15, 0.2) is 5.16 Å². The molecule has 1 aromatic rings. The Balaban J connectivity index is 2.24. The van der Waals surface area contributed by atoms with Crippen LogP contribution in [0.2, 0.25) is 0 Å². The lowest BCUT2D eigenvalue weighted by molar-refractivity contribution is 0.180. The van der Waals surface area contributed by atoms with Crippen LogP contribution in [0.1, 0.15) is 6.42 Å².